The van der Waals surface area contributed by atoms with E-state index in [4.69, 9.17) is 5.11 Å². The lowest BCUT2D eigenvalue weighted by Crippen LogP contribution is -2.25. The second-order valence-corrected chi connectivity index (χ2v) is 2.46. The molecule has 1 N–H and O–H groups in total. The highest BCUT2D eigenvalue weighted by Gasteiger charge is 2.21. The number of hydrogen-bond donors (Lipinski definition) is 1. The monoisotopic (exact) mass is 155 g/mol. The average Bonchev–Trinajstić information content (AvgIpc) is 1.98. The average molecular weight is 155 g/mol. The van der Waals surface area contributed by atoms with Crippen LogP contribution in [0.15, 0.2) is 11.6 Å². The third-order valence-corrected chi connectivity index (χ3v) is 1.67. The fourth-order valence-electron chi connectivity index (χ4n) is 0.747. The van der Waals surface area contributed by atoms with Crippen LogP contribution in [0.4, 0.5) is 0 Å². The largest absolute Gasteiger partial charge is 0.480 e. The summed E-state index contributed by atoms with van der Waals surface area (Å²) in [5.41, 5.74) is 0. The minimum atomic E-state index is -0.907. The number of aliphatic carboxylic acids is 1. The highest BCUT2D eigenvalue weighted by atomic mass is 16.4. The molecule has 0 aromatic carbocycles. The molecule has 2 unspecified atom stereocenters. The van der Waals surface area contributed by atoms with Crippen molar-refractivity contribution >= 4 is 11.8 Å². The van der Waals surface area contributed by atoms with Crippen LogP contribution in [0.5, 0.6) is 0 Å². The van der Waals surface area contributed by atoms with Gasteiger partial charge in [0.1, 0.15) is 0 Å². The summed E-state index contributed by atoms with van der Waals surface area (Å²) in [7, 11) is 0. The number of aliphatic imine (C=N–C) groups is 1. The Morgan fingerprint density at radius 1 is 1.82 bits per heavy atom. The number of rotatable bonds is 4. The van der Waals surface area contributed by atoms with Gasteiger partial charge in [0.05, 0.1) is 0 Å². The lowest BCUT2D eigenvalue weighted by atomic mass is 10.0. The van der Waals surface area contributed by atoms with Crippen molar-refractivity contribution in [3.05, 3.63) is 6.58 Å². The normalized spacial score (nSPS) is 14.7. The van der Waals surface area contributed by atoms with E-state index in [9.17, 15) is 4.79 Å². The molecule has 3 heteroatoms. The second-order valence-electron chi connectivity index (χ2n) is 2.46. The Kier molecular flexibility index (Phi) is 4.23. The van der Waals surface area contributed by atoms with Gasteiger partial charge in [-0.3, -0.25) is 0 Å². The molecule has 0 aromatic rings. The fourth-order valence-corrected chi connectivity index (χ4v) is 0.747. The van der Waals surface area contributed by atoms with E-state index in [2.05, 4.69) is 17.4 Å². The molecule has 0 heterocycles. The van der Waals surface area contributed by atoms with Gasteiger partial charge in [-0.2, -0.15) is 0 Å². The number of carboxylic acids is 1. The summed E-state index contributed by atoms with van der Waals surface area (Å²) in [6.07, 6.45) is 0.794. The molecule has 0 amide bonds. The highest BCUT2D eigenvalue weighted by Crippen LogP contribution is 2.10. The molecule has 0 bridgehead atoms. The minimum absolute atomic E-state index is 0.0433. The second kappa shape index (κ2) is 4.69. The van der Waals surface area contributed by atoms with Gasteiger partial charge in [-0.1, -0.05) is 20.3 Å². The Balaban J connectivity index is 4.32. The van der Waals surface area contributed by atoms with Crippen molar-refractivity contribution in [1.29, 1.82) is 0 Å². The Morgan fingerprint density at radius 3 is 2.64 bits per heavy atom. The SMILES string of the molecule is C=C=NC(C(=O)O)C(C)CC. The summed E-state index contributed by atoms with van der Waals surface area (Å²) in [5.74, 6) is 1.39. The Bertz CT molecular complexity index is 181. The molecule has 0 radical (unpaired) electrons. The van der Waals surface area contributed by atoms with Gasteiger partial charge in [0, 0.05) is 0 Å². The molecule has 11 heavy (non-hydrogen) atoms. The van der Waals surface area contributed by atoms with E-state index in [1.807, 2.05) is 13.8 Å². The maximum atomic E-state index is 10.5. The van der Waals surface area contributed by atoms with Crippen LogP contribution in [0.1, 0.15) is 20.3 Å². The van der Waals surface area contributed by atoms with Crippen LogP contribution in [0.2, 0.25) is 0 Å². The van der Waals surface area contributed by atoms with E-state index in [1.54, 1.807) is 0 Å². The van der Waals surface area contributed by atoms with E-state index >= 15 is 0 Å². The van der Waals surface area contributed by atoms with Gasteiger partial charge < -0.3 is 5.11 Å². The van der Waals surface area contributed by atoms with Gasteiger partial charge >= 0.3 is 5.97 Å². The minimum Gasteiger partial charge on any atom is -0.480 e. The van der Waals surface area contributed by atoms with E-state index < -0.39 is 12.0 Å². The summed E-state index contributed by atoms with van der Waals surface area (Å²) in [4.78, 5) is 14.2. The molecule has 0 rings (SSSR count). The number of nitrogens with zero attached hydrogens (tertiary/aromatic N) is 1. The smallest absolute Gasteiger partial charge is 0.329 e. The molecule has 3 nitrogen and oxygen atoms in total. The zero-order valence-electron chi connectivity index (χ0n) is 6.87. The molecule has 0 spiro atoms. The van der Waals surface area contributed by atoms with Crippen LogP contribution in [0.25, 0.3) is 0 Å². The predicted octanol–water partition coefficient (Wildman–Crippen LogP) is 1.34. The van der Waals surface area contributed by atoms with Crippen LogP contribution in [0, 0.1) is 5.92 Å². The van der Waals surface area contributed by atoms with Crippen molar-refractivity contribution in [2.24, 2.45) is 10.9 Å². The maximum Gasteiger partial charge on any atom is 0.329 e. The Labute approximate surface area is 66.5 Å². The maximum absolute atomic E-state index is 10.5. The highest BCUT2D eigenvalue weighted by molar-refractivity contribution is 5.75. The van der Waals surface area contributed by atoms with Crippen LogP contribution in [0.3, 0.4) is 0 Å². The fraction of sp³-hybridized carbons (Fsp3) is 0.625. The zero-order valence-corrected chi connectivity index (χ0v) is 6.87. The van der Waals surface area contributed by atoms with E-state index in [0.717, 1.165) is 6.42 Å². The topological polar surface area (TPSA) is 49.7 Å². The molecular formula is C8H13NO2. The van der Waals surface area contributed by atoms with Gasteiger partial charge in [-0.05, 0) is 18.4 Å². The molecule has 0 saturated carbocycles. The summed E-state index contributed by atoms with van der Waals surface area (Å²) in [6.45, 7) is 7.02. The number of carbonyl (C=O) groups is 1. The van der Waals surface area contributed by atoms with Gasteiger partial charge in [-0.25, -0.2) is 9.79 Å². The van der Waals surface area contributed by atoms with Gasteiger partial charge in [-0.15, -0.1) is 0 Å². The Hall–Kier alpha value is -1.08. The number of carboxylic acid groups (broad SMARTS) is 1. The number of hydrogen-bond acceptors (Lipinski definition) is 2. The van der Waals surface area contributed by atoms with E-state index in [0.29, 0.717) is 0 Å². The summed E-state index contributed by atoms with van der Waals surface area (Å²) in [6, 6.07) is -0.683. The molecule has 0 aliphatic rings. The first kappa shape index (κ1) is 9.92. The van der Waals surface area contributed by atoms with Crippen molar-refractivity contribution in [3.8, 4) is 0 Å². The Morgan fingerprint density at radius 2 is 2.36 bits per heavy atom. The van der Waals surface area contributed by atoms with E-state index in [-0.39, 0.29) is 5.92 Å². The first-order chi connectivity index (χ1) is 5.13. The van der Waals surface area contributed by atoms with Crippen LogP contribution in [-0.2, 0) is 4.79 Å². The molecule has 0 aliphatic heterocycles. The molecule has 0 fully saturated rings. The lowest BCUT2D eigenvalue weighted by Gasteiger charge is -2.11. The van der Waals surface area contributed by atoms with Gasteiger partial charge in [0.25, 0.3) is 0 Å². The molecule has 2 atom stereocenters. The third-order valence-electron chi connectivity index (χ3n) is 1.67. The predicted molar refractivity (Wildman–Crippen MR) is 43.9 cm³/mol. The van der Waals surface area contributed by atoms with Crippen LogP contribution >= 0.6 is 0 Å². The molecular weight excluding hydrogens is 142 g/mol. The van der Waals surface area contributed by atoms with Crippen molar-refractivity contribution in [3.63, 3.8) is 0 Å². The molecule has 0 aliphatic carbocycles. The van der Waals surface area contributed by atoms with Crippen molar-refractivity contribution in [2.45, 2.75) is 26.3 Å². The van der Waals surface area contributed by atoms with Crippen molar-refractivity contribution in [2.75, 3.05) is 0 Å². The molecule has 0 saturated heterocycles. The van der Waals surface area contributed by atoms with Crippen LogP contribution < -0.4 is 0 Å². The van der Waals surface area contributed by atoms with Crippen LogP contribution in [-0.4, -0.2) is 23.0 Å². The van der Waals surface area contributed by atoms with Gasteiger partial charge in [0.2, 0.25) is 0 Å². The standard InChI is InChI=1S/C8H13NO2/c1-4-6(3)7(8(10)11)9-5-2/h6-7H,2,4H2,1,3H3,(H,10,11). The molecule has 62 valence electrons. The first-order valence-electron chi connectivity index (χ1n) is 3.58. The third kappa shape index (κ3) is 3.01. The lowest BCUT2D eigenvalue weighted by molar-refractivity contribution is -0.139. The quantitative estimate of drug-likeness (QED) is 0.623. The van der Waals surface area contributed by atoms with Crippen molar-refractivity contribution in [1.82, 2.24) is 0 Å². The molecule has 0 aromatic heterocycles. The summed E-state index contributed by atoms with van der Waals surface area (Å²) in [5, 5.41) is 8.64. The first-order valence-corrected chi connectivity index (χ1v) is 3.58. The summed E-state index contributed by atoms with van der Waals surface area (Å²) < 4.78 is 0. The van der Waals surface area contributed by atoms with E-state index in [1.165, 1.54) is 0 Å². The zero-order chi connectivity index (χ0) is 8.85. The van der Waals surface area contributed by atoms with Crippen molar-refractivity contribution < 1.29 is 9.90 Å². The summed E-state index contributed by atoms with van der Waals surface area (Å²) >= 11 is 0. The van der Waals surface area contributed by atoms with Gasteiger partial charge in [0.15, 0.2) is 6.04 Å².